The van der Waals surface area contributed by atoms with Gasteiger partial charge in [0.2, 0.25) is 0 Å². The first-order valence-corrected chi connectivity index (χ1v) is 9.50. The molecule has 2 aromatic rings. The molecule has 6 heteroatoms. The van der Waals surface area contributed by atoms with Crippen molar-refractivity contribution < 1.29 is 9.13 Å². The number of aromatic nitrogens is 2. The zero-order valence-corrected chi connectivity index (χ0v) is 15.8. The number of ether oxygens (including phenoxy) is 1. The molecule has 0 atom stereocenters. The Hall–Kier alpha value is -1.79. The number of halogens is 1. The molecule has 1 aliphatic rings. The molecule has 0 amide bonds. The standard InChI is InChI=1S/C20H29FN4O/c1-24(13-14-26-2)10-4-5-16-8-11-25(12-9-16)20-17-6-3-7-18(21)19(17)22-15-23-20/h3,6-7,15-16H,4-5,8-14H2,1-2H3. The van der Waals surface area contributed by atoms with Crippen LogP contribution in [0, 0.1) is 11.7 Å². The Labute approximate surface area is 155 Å². The van der Waals surface area contributed by atoms with E-state index in [1.54, 1.807) is 13.2 Å². The van der Waals surface area contributed by atoms with E-state index >= 15 is 0 Å². The van der Waals surface area contributed by atoms with E-state index in [0.717, 1.165) is 49.9 Å². The summed E-state index contributed by atoms with van der Waals surface area (Å²) in [5.41, 5.74) is 0.415. The van der Waals surface area contributed by atoms with Gasteiger partial charge >= 0.3 is 0 Å². The number of anilines is 1. The lowest BCUT2D eigenvalue weighted by Crippen LogP contribution is -2.34. The highest BCUT2D eigenvalue weighted by molar-refractivity contribution is 5.89. The Morgan fingerprint density at radius 1 is 1.23 bits per heavy atom. The molecular weight excluding hydrogens is 331 g/mol. The highest BCUT2D eigenvalue weighted by Crippen LogP contribution is 2.29. The number of nitrogens with zero attached hydrogens (tertiary/aromatic N) is 4. The van der Waals surface area contributed by atoms with E-state index < -0.39 is 0 Å². The van der Waals surface area contributed by atoms with Crippen molar-refractivity contribution in [3.05, 3.63) is 30.3 Å². The maximum atomic E-state index is 14.0. The molecule has 0 spiro atoms. The average molecular weight is 360 g/mol. The Balaban J connectivity index is 1.51. The minimum Gasteiger partial charge on any atom is -0.383 e. The number of benzene rings is 1. The van der Waals surface area contributed by atoms with Crippen molar-refractivity contribution in [1.29, 1.82) is 0 Å². The van der Waals surface area contributed by atoms with Gasteiger partial charge in [-0.15, -0.1) is 0 Å². The minimum atomic E-state index is -0.279. The van der Waals surface area contributed by atoms with Crippen molar-refractivity contribution in [2.75, 3.05) is 51.8 Å². The summed E-state index contributed by atoms with van der Waals surface area (Å²) in [6.07, 6.45) is 6.31. The van der Waals surface area contributed by atoms with Crippen LogP contribution < -0.4 is 4.90 Å². The summed E-state index contributed by atoms with van der Waals surface area (Å²) < 4.78 is 19.1. The number of hydrogen-bond donors (Lipinski definition) is 0. The molecule has 142 valence electrons. The SMILES string of the molecule is COCCN(C)CCCC1CCN(c2ncnc3c(F)cccc23)CC1. The van der Waals surface area contributed by atoms with E-state index in [1.807, 2.05) is 6.07 Å². The van der Waals surface area contributed by atoms with Gasteiger partial charge in [-0.3, -0.25) is 0 Å². The first kappa shape index (κ1) is 19.0. The van der Waals surface area contributed by atoms with Crippen LogP contribution in [-0.4, -0.2) is 61.8 Å². The molecule has 0 aliphatic carbocycles. The first-order chi connectivity index (χ1) is 12.7. The van der Waals surface area contributed by atoms with Crippen molar-refractivity contribution in [2.45, 2.75) is 25.7 Å². The fraction of sp³-hybridized carbons (Fsp3) is 0.600. The molecule has 1 aromatic carbocycles. The average Bonchev–Trinajstić information content (AvgIpc) is 2.67. The Morgan fingerprint density at radius 2 is 2.04 bits per heavy atom. The summed E-state index contributed by atoms with van der Waals surface area (Å²) in [5.74, 6) is 1.36. The number of hydrogen-bond acceptors (Lipinski definition) is 5. The Kier molecular flexibility index (Phi) is 6.74. The van der Waals surface area contributed by atoms with Gasteiger partial charge in [0.1, 0.15) is 23.5 Å². The van der Waals surface area contributed by atoms with E-state index in [2.05, 4.69) is 26.8 Å². The van der Waals surface area contributed by atoms with Crippen LogP contribution in [0.5, 0.6) is 0 Å². The molecule has 0 N–H and O–H groups in total. The molecule has 0 unspecified atom stereocenters. The number of methoxy groups -OCH3 is 1. The summed E-state index contributed by atoms with van der Waals surface area (Å²) in [5, 5.41) is 0.811. The summed E-state index contributed by atoms with van der Waals surface area (Å²) in [4.78, 5) is 13.2. The van der Waals surface area contributed by atoms with E-state index in [-0.39, 0.29) is 5.82 Å². The van der Waals surface area contributed by atoms with Crippen LogP contribution in [0.4, 0.5) is 10.2 Å². The molecule has 2 heterocycles. The number of para-hydroxylation sites is 1. The maximum absolute atomic E-state index is 14.0. The van der Waals surface area contributed by atoms with Crippen LogP contribution in [0.3, 0.4) is 0 Å². The lowest BCUT2D eigenvalue weighted by molar-refractivity contribution is 0.159. The van der Waals surface area contributed by atoms with Crippen LogP contribution in [0.15, 0.2) is 24.5 Å². The Morgan fingerprint density at radius 3 is 2.81 bits per heavy atom. The highest BCUT2D eigenvalue weighted by atomic mass is 19.1. The normalized spacial score (nSPS) is 15.9. The topological polar surface area (TPSA) is 41.5 Å². The smallest absolute Gasteiger partial charge is 0.149 e. The quantitative estimate of drug-likeness (QED) is 0.722. The molecule has 1 fully saturated rings. The van der Waals surface area contributed by atoms with E-state index in [4.69, 9.17) is 4.74 Å². The second kappa shape index (κ2) is 9.24. The van der Waals surface area contributed by atoms with Crippen LogP contribution in [0.2, 0.25) is 0 Å². The van der Waals surface area contributed by atoms with Gasteiger partial charge in [0.25, 0.3) is 0 Å². The van der Waals surface area contributed by atoms with Gasteiger partial charge < -0.3 is 14.5 Å². The van der Waals surface area contributed by atoms with Gasteiger partial charge in [-0.2, -0.15) is 0 Å². The van der Waals surface area contributed by atoms with Crippen molar-refractivity contribution in [1.82, 2.24) is 14.9 Å². The lowest BCUT2D eigenvalue weighted by Gasteiger charge is -2.33. The molecule has 1 aliphatic heterocycles. The van der Waals surface area contributed by atoms with Gasteiger partial charge in [-0.25, -0.2) is 14.4 Å². The van der Waals surface area contributed by atoms with Crippen LogP contribution >= 0.6 is 0 Å². The fourth-order valence-electron chi connectivity index (χ4n) is 3.73. The first-order valence-electron chi connectivity index (χ1n) is 9.50. The second-order valence-electron chi connectivity index (χ2n) is 7.20. The third-order valence-corrected chi connectivity index (χ3v) is 5.34. The summed E-state index contributed by atoms with van der Waals surface area (Å²) in [6, 6.07) is 5.10. The van der Waals surface area contributed by atoms with E-state index in [1.165, 1.54) is 38.1 Å². The number of rotatable bonds is 8. The third-order valence-electron chi connectivity index (χ3n) is 5.34. The van der Waals surface area contributed by atoms with Crippen molar-refractivity contribution in [3.63, 3.8) is 0 Å². The molecule has 26 heavy (non-hydrogen) atoms. The largest absolute Gasteiger partial charge is 0.383 e. The molecule has 3 rings (SSSR count). The molecule has 1 aromatic heterocycles. The van der Waals surface area contributed by atoms with Gasteiger partial charge in [0, 0.05) is 32.1 Å². The lowest BCUT2D eigenvalue weighted by atomic mass is 9.92. The minimum absolute atomic E-state index is 0.279. The van der Waals surface area contributed by atoms with Gasteiger partial charge in [-0.05, 0) is 57.3 Å². The zero-order valence-electron chi connectivity index (χ0n) is 15.8. The number of likely N-dealkylation sites (N-methyl/N-ethyl adjacent to an activating group) is 1. The molecule has 0 radical (unpaired) electrons. The summed E-state index contributed by atoms with van der Waals surface area (Å²) in [7, 11) is 3.90. The van der Waals surface area contributed by atoms with Crippen LogP contribution in [-0.2, 0) is 4.74 Å². The predicted molar refractivity (Wildman–Crippen MR) is 103 cm³/mol. The maximum Gasteiger partial charge on any atom is 0.149 e. The second-order valence-corrected chi connectivity index (χ2v) is 7.20. The fourth-order valence-corrected chi connectivity index (χ4v) is 3.73. The van der Waals surface area contributed by atoms with Crippen molar-refractivity contribution in [3.8, 4) is 0 Å². The molecule has 5 nitrogen and oxygen atoms in total. The molecule has 0 saturated carbocycles. The summed E-state index contributed by atoms with van der Waals surface area (Å²) >= 11 is 0. The van der Waals surface area contributed by atoms with Crippen LogP contribution in [0.25, 0.3) is 10.9 Å². The van der Waals surface area contributed by atoms with Gasteiger partial charge in [0.15, 0.2) is 0 Å². The molecular formula is C20H29FN4O. The predicted octanol–water partition coefficient (Wildman–Crippen LogP) is 3.34. The van der Waals surface area contributed by atoms with E-state index in [9.17, 15) is 4.39 Å². The van der Waals surface area contributed by atoms with Crippen LogP contribution in [0.1, 0.15) is 25.7 Å². The van der Waals surface area contributed by atoms with Gasteiger partial charge in [-0.1, -0.05) is 6.07 Å². The van der Waals surface area contributed by atoms with Gasteiger partial charge in [0.05, 0.1) is 6.61 Å². The number of fused-ring (bicyclic) bond motifs is 1. The molecule has 0 bridgehead atoms. The van der Waals surface area contributed by atoms with Crippen molar-refractivity contribution >= 4 is 16.7 Å². The zero-order chi connectivity index (χ0) is 18.4. The van der Waals surface area contributed by atoms with Crippen molar-refractivity contribution in [2.24, 2.45) is 5.92 Å². The molecule has 1 saturated heterocycles. The number of piperidine rings is 1. The highest BCUT2D eigenvalue weighted by Gasteiger charge is 2.22. The Bertz CT molecular complexity index is 703. The van der Waals surface area contributed by atoms with E-state index in [0.29, 0.717) is 5.52 Å². The monoisotopic (exact) mass is 360 g/mol. The third kappa shape index (κ3) is 4.68. The summed E-state index contributed by atoms with van der Waals surface area (Å²) in [6.45, 7) is 4.87.